The Labute approximate surface area is 147 Å². The van der Waals surface area contributed by atoms with Gasteiger partial charge >= 0.3 is 5.97 Å². The number of anilines is 1. The predicted octanol–water partition coefficient (Wildman–Crippen LogP) is 3.23. The van der Waals surface area contributed by atoms with E-state index >= 15 is 0 Å². The zero-order chi connectivity index (χ0) is 18.0. The maximum Gasteiger partial charge on any atom is 0.328 e. The SMILES string of the molecule is Cc1ccc(/C=C/C(=O)O)cc1S(=O)(=O)N1CCCc2ccccc21. The Bertz CT molecular complexity index is 948. The third-order valence-corrected chi connectivity index (χ3v) is 6.22. The van der Waals surface area contributed by atoms with Gasteiger partial charge in [0.1, 0.15) is 0 Å². The van der Waals surface area contributed by atoms with Gasteiger partial charge in [0.2, 0.25) is 0 Å². The van der Waals surface area contributed by atoms with Crippen LogP contribution in [0.5, 0.6) is 0 Å². The number of carbonyl (C=O) groups is 1. The van der Waals surface area contributed by atoms with Crippen LogP contribution in [0.4, 0.5) is 5.69 Å². The number of hydrogen-bond donors (Lipinski definition) is 1. The Hall–Kier alpha value is -2.60. The molecule has 0 aromatic heterocycles. The van der Waals surface area contributed by atoms with Crippen LogP contribution in [-0.4, -0.2) is 26.0 Å². The first-order chi connectivity index (χ1) is 11.9. The summed E-state index contributed by atoms with van der Waals surface area (Å²) in [5, 5.41) is 8.76. The van der Waals surface area contributed by atoms with Gasteiger partial charge in [-0.15, -0.1) is 0 Å². The van der Waals surface area contributed by atoms with Crippen molar-refractivity contribution in [3.63, 3.8) is 0 Å². The van der Waals surface area contributed by atoms with Crippen molar-refractivity contribution in [1.29, 1.82) is 0 Å². The van der Waals surface area contributed by atoms with Crippen LogP contribution in [0.15, 0.2) is 53.4 Å². The van der Waals surface area contributed by atoms with Gasteiger partial charge in [0.05, 0.1) is 10.6 Å². The Morgan fingerprint density at radius 2 is 1.96 bits per heavy atom. The average molecular weight is 357 g/mol. The van der Waals surface area contributed by atoms with Crippen molar-refractivity contribution in [1.82, 2.24) is 0 Å². The number of carboxylic acids is 1. The number of carboxylic acid groups (broad SMARTS) is 1. The largest absolute Gasteiger partial charge is 0.478 e. The second kappa shape index (κ2) is 6.72. The molecule has 130 valence electrons. The van der Waals surface area contributed by atoms with Gasteiger partial charge in [-0.2, -0.15) is 0 Å². The predicted molar refractivity (Wildman–Crippen MR) is 97.1 cm³/mol. The zero-order valence-corrected chi connectivity index (χ0v) is 14.7. The minimum Gasteiger partial charge on any atom is -0.478 e. The topological polar surface area (TPSA) is 74.7 Å². The van der Waals surface area contributed by atoms with Gasteiger partial charge in [0.15, 0.2) is 0 Å². The second-order valence-electron chi connectivity index (χ2n) is 6.01. The van der Waals surface area contributed by atoms with Gasteiger partial charge < -0.3 is 5.11 Å². The summed E-state index contributed by atoms with van der Waals surface area (Å²) in [6.07, 6.45) is 4.03. The Balaban J connectivity index is 2.07. The average Bonchev–Trinajstić information content (AvgIpc) is 2.60. The van der Waals surface area contributed by atoms with Crippen LogP contribution in [0.1, 0.15) is 23.1 Å². The number of benzene rings is 2. The maximum atomic E-state index is 13.2. The van der Waals surface area contributed by atoms with E-state index in [0.29, 0.717) is 17.7 Å². The number of sulfonamides is 1. The standard InChI is InChI=1S/C19H19NO4S/c1-14-8-9-15(10-11-19(21)22)13-18(14)25(23,24)20-12-4-6-16-5-2-3-7-17(16)20/h2-3,5,7-11,13H,4,6,12H2,1H3,(H,21,22)/b11-10+. The van der Waals surface area contributed by atoms with Crippen molar-refractivity contribution in [3.8, 4) is 0 Å². The van der Waals surface area contributed by atoms with Crippen molar-refractivity contribution in [2.45, 2.75) is 24.7 Å². The first-order valence-electron chi connectivity index (χ1n) is 8.02. The molecule has 0 saturated heterocycles. The molecular weight excluding hydrogens is 338 g/mol. The minimum absolute atomic E-state index is 0.205. The molecule has 3 rings (SSSR count). The number of fused-ring (bicyclic) bond motifs is 1. The third kappa shape index (κ3) is 3.44. The molecule has 1 N–H and O–H groups in total. The number of aryl methyl sites for hydroxylation is 2. The minimum atomic E-state index is -3.72. The lowest BCUT2D eigenvalue weighted by atomic mass is 10.0. The molecule has 5 nitrogen and oxygen atoms in total. The van der Waals surface area contributed by atoms with E-state index in [4.69, 9.17) is 5.11 Å². The molecule has 0 aliphatic carbocycles. The molecule has 0 spiro atoms. The van der Waals surface area contributed by atoms with Crippen LogP contribution < -0.4 is 4.31 Å². The Morgan fingerprint density at radius 3 is 2.72 bits per heavy atom. The quantitative estimate of drug-likeness (QED) is 0.853. The first kappa shape index (κ1) is 17.2. The molecular formula is C19H19NO4S. The van der Waals surface area contributed by atoms with Crippen LogP contribution in [0, 0.1) is 6.92 Å². The lowest BCUT2D eigenvalue weighted by Crippen LogP contribution is -2.35. The first-order valence-corrected chi connectivity index (χ1v) is 9.46. The summed E-state index contributed by atoms with van der Waals surface area (Å²) in [5.41, 5.74) is 2.92. The second-order valence-corrected chi connectivity index (χ2v) is 7.84. The Morgan fingerprint density at radius 1 is 1.20 bits per heavy atom. The van der Waals surface area contributed by atoms with Crippen LogP contribution >= 0.6 is 0 Å². The van der Waals surface area contributed by atoms with Crippen molar-refractivity contribution in [3.05, 3.63) is 65.2 Å². The summed E-state index contributed by atoms with van der Waals surface area (Å²) in [6.45, 7) is 2.18. The molecule has 0 bridgehead atoms. The number of nitrogens with zero attached hydrogens (tertiary/aromatic N) is 1. The lowest BCUT2D eigenvalue weighted by Gasteiger charge is -2.31. The van der Waals surface area contributed by atoms with E-state index in [2.05, 4.69) is 0 Å². The number of hydrogen-bond acceptors (Lipinski definition) is 3. The summed E-state index contributed by atoms with van der Waals surface area (Å²) in [5.74, 6) is -1.07. The Kier molecular flexibility index (Phi) is 4.63. The highest BCUT2D eigenvalue weighted by Crippen LogP contribution is 2.33. The van der Waals surface area contributed by atoms with Gasteiger partial charge in [-0.25, -0.2) is 13.2 Å². The van der Waals surface area contributed by atoms with E-state index in [0.717, 1.165) is 30.2 Å². The molecule has 1 aliphatic rings. The molecule has 0 radical (unpaired) electrons. The molecule has 0 atom stereocenters. The monoisotopic (exact) mass is 357 g/mol. The summed E-state index contributed by atoms with van der Waals surface area (Å²) in [6, 6.07) is 12.5. The van der Waals surface area contributed by atoms with Crippen LogP contribution in [0.3, 0.4) is 0 Å². The van der Waals surface area contributed by atoms with Gasteiger partial charge in [-0.1, -0.05) is 30.3 Å². The normalized spacial score (nSPS) is 14.5. The zero-order valence-electron chi connectivity index (χ0n) is 13.8. The smallest absolute Gasteiger partial charge is 0.328 e. The van der Waals surface area contributed by atoms with E-state index < -0.39 is 16.0 Å². The summed E-state index contributed by atoms with van der Waals surface area (Å²) >= 11 is 0. The number of rotatable bonds is 4. The molecule has 6 heteroatoms. The van der Waals surface area contributed by atoms with E-state index in [1.165, 1.54) is 16.4 Å². The molecule has 2 aromatic rings. The highest BCUT2D eigenvalue weighted by atomic mass is 32.2. The third-order valence-electron chi connectivity index (χ3n) is 4.27. The molecule has 1 heterocycles. The van der Waals surface area contributed by atoms with Gasteiger partial charge in [-0.3, -0.25) is 4.31 Å². The number of para-hydroxylation sites is 1. The van der Waals surface area contributed by atoms with E-state index in [9.17, 15) is 13.2 Å². The molecule has 25 heavy (non-hydrogen) atoms. The molecule has 2 aromatic carbocycles. The summed E-state index contributed by atoms with van der Waals surface area (Å²) in [7, 11) is -3.72. The molecule has 1 aliphatic heterocycles. The maximum absolute atomic E-state index is 13.2. The van der Waals surface area contributed by atoms with Crippen molar-refractivity contribution < 1.29 is 18.3 Å². The molecule has 0 fully saturated rings. The van der Waals surface area contributed by atoms with Crippen LogP contribution in [0.2, 0.25) is 0 Å². The van der Waals surface area contributed by atoms with Gasteiger partial charge in [-0.05, 0) is 54.7 Å². The summed E-state index contributed by atoms with van der Waals surface area (Å²) in [4.78, 5) is 10.9. The van der Waals surface area contributed by atoms with Gasteiger partial charge in [0.25, 0.3) is 10.0 Å². The van der Waals surface area contributed by atoms with E-state index in [1.54, 1.807) is 19.1 Å². The van der Waals surface area contributed by atoms with Crippen molar-refractivity contribution in [2.24, 2.45) is 0 Å². The lowest BCUT2D eigenvalue weighted by molar-refractivity contribution is -0.131. The highest BCUT2D eigenvalue weighted by Gasteiger charge is 2.30. The fraction of sp³-hybridized carbons (Fsp3) is 0.211. The van der Waals surface area contributed by atoms with Gasteiger partial charge in [0, 0.05) is 12.6 Å². The fourth-order valence-electron chi connectivity index (χ4n) is 3.03. The van der Waals surface area contributed by atoms with E-state index in [1.807, 2.05) is 24.3 Å². The molecule has 0 saturated carbocycles. The van der Waals surface area contributed by atoms with Crippen LogP contribution in [0.25, 0.3) is 6.08 Å². The van der Waals surface area contributed by atoms with E-state index in [-0.39, 0.29) is 4.90 Å². The molecule has 0 unspecified atom stereocenters. The van der Waals surface area contributed by atoms with Crippen LogP contribution in [-0.2, 0) is 21.2 Å². The fourth-order valence-corrected chi connectivity index (χ4v) is 4.84. The van der Waals surface area contributed by atoms with Crippen molar-refractivity contribution >= 4 is 27.8 Å². The summed E-state index contributed by atoms with van der Waals surface area (Å²) < 4.78 is 28.0. The number of aliphatic carboxylic acids is 1. The molecule has 0 amide bonds. The highest BCUT2D eigenvalue weighted by molar-refractivity contribution is 7.92. The van der Waals surface area contributed by atoms with Crippen molar-refractivity contribution in [2.75, 3.05) is 10.8 Å².